The molecule has 0 bridgehead atoms. The van der Waals surface area contributed by atoms with Crippen LogP contribution >= 0.6 is 19.7 Å². The van der Waals surface area contributed by atoms with E-state index in [1.165, 1.54) is 49.8 Å². The first-order valence-electron chi connectivity index (χ1n) is 6.65. The maximum Gasteiger partial charge on any atom is -0.00281 e. The molecule has 2 heteroatoms. The van der Waals surface area contributed by atoms with E-state index in [0.29, 0.717) is 7.92 Å². The Kier molecular flexibility index (Phi) is 13.5. The van der Waals surface area contributed by atoms with Crippen molar-refractivity contribution in [1.82, 2.24) is 0 Å². The predicted molar refractivity (Wildman–Crippen MR) is 79.0 cm³/mol. The molecular weight excluding hydrogens is 219 g/mol. The van der Waals surface area contributed by atoms with Crippen molar-refractivity contribution in [2.24, 2.45) is 0 Å². The second kappa shape index (κ2) is 12.8. The summed E-state index contributed by atoms with van der Waals surface area (Å²) < 4.78 is 0. The lowest BCUT2D eigenvalue weighted by Gasteiger charge is -2.16. The third-order valence-corrected chi connectivity index (χ3v) is 6.80. The molecule has 0 fully saturated rings. The van der Waals surface area contributed by atoms with E-state index in [9.17, 15) is 0 Å². The summed E-state index contributed by atoms with van der Waals surface area (Å²) in [4.78, 5) is 0. The Labute approximate surface area is 103 Å². The minimum absolute atomic E-state index is 0.390. The van der Waals surface area contributed by atoms with Crippen LogP contribution in [-0.4, -0.2) is 30.0 Å². The van der Waals surface area contributed by atoms with E-state index < -0.39 is 0 Å². The van der Waals surface area contributed by atoms with Crippen LogP contribution in [0.3, 0.4) is 0 Å². The van der Waals surface area contributed by atoms with Gasteiger partial charge in [-0.25, -0.2) is 0 Å². The van der Waals surface area contributed by atoms with Crippen LogP contribution in [0.15, 0.2) is 0 Å². The molecule has 0 aromatic rings. The van der Waals surface area contributed by atoms with Crippen molar-refractivity contribution in [1.29, 1.82) is 0 Å². The highest BCUT2D eigenvalue weighted by molar-refractivity contribution is 7.99. The molecule has 0 heterocycles. The Bertz CT molecular complexity index is 109. The lowest BCUT2D eigenvalue weighted by Crippen LogP contribution is -1.98. The van der Waals surface area contributed by atoms with Gasteiger partial charge in [0.2, 0.25) is 0 Å². The number of unbranched alkanes of at least 4 members (excludes halogenated alkanes) is 2. The van der Waals surface area contributed by atoms with Crippen LogP contribution in [0.1, 0.15) is 52.9 Å². The summed E-state index contributed by atoms with van der Waals surface area (Å²) in [7, 11) is 0.390. The molecule has 0 amide bonds. The van der Waals surface area contributed by atoms with Gasteiger partial charge in [0.1, 0.15) is 0 Å². The third kappa shape index (κ3) is 11.1. The van der Waals surface area contributed by atoms with Gasteiger partial charge in [-0.15, -0.1) is 7.92 Å². The van der Waals surface area contributed by atoms with Crippen molar-refractivity contribution in [2.45, 2.75) is 52.9 Å². The van der Waals surface area contributed by atoms with E-state index in [-0.39, 0.29) is 0 Å². The van der Waals surface area contributed by atoms with E-state index in [0.717, 1.165) is 0 Å². The second-order valence-corrected chi connectivity index (χ2v) is 8.07. The smallest absolute Gasteiger partial charge is 0.00281 e. The first-order chi connectivity index (χ1) is 7.35. The maximum absolute atomic E-state index is 2.32. The summed E-state index contributed by atoms with van der Waals surface area (Å²) in [5, 5.41) is 0. The highest BCUT2D eigenvalue weighted by atomic mass is 32.2. The molecule has 0 nitrogen and oxygen atoms in total. The van der Waals surface area contributed by atoms with Crippen molar-refractivity contribution in [2.75, 3.05) is 30.0 Å². The number of rotatable bonds is 11. The first kappa shape index (κ1) is 15.8. The molecular formula is C13H29PS. The minimum atomic E-state index is 0.390. The zero-order chi connectivity index (χ0) is 11.4. The summed E-state index contributed by atoms with van der Waals surface area (Å²) in [5.41, 5.74) is 0. The van der Waals surface area contributed by atoms with E-state index in [4.69, 9.17) is 0 Å². The molecule has 0 unspecified atom stereocenters. The van der Waals surface area contributed by atoms with Gasteiger partial charge in [0.15, 0.2) is 0 Å². The van der Waals surface area contributed by atoms with Crippen LogP contribution in [0.5, 0.6) is 0 Å². The molecule has 0 aliphatic rings. The fraction of sp³-hybridized carbons (Fsp3) is 1.00. The van der Waals surface area contributed by atoms with Crippen molar-refractivity contribution in [3.05, 3.63) is 0 Å². The molecule has 92 valence electrons. The topological polar surface area (TPSA) is 0 Å². The second-order valence-electron chi connectivity index (χ2n) is 4.16. The Balaban J connectivity index is 3.49. The molecule has 0 aromatic heterocycles. The Morgan fingerprint density at radius 1 is 0.733 bits per heavy atom. The molecule has 0 rings (SSSR count). The van der Waals surface area contributed by atoms with Crippen LogP contribution < -0.4 is 0 Å². The van der Waals surface area contributed by atoms with E-state index in [2.05, 4.69) is 32.5 Å². The van der Waals surface area contributed by atoms with Gasteiger partial charge in [-0.3, -0.25) is 0 Å². The zero-order valence-corrected chi connectivity index (χ0v) is 12.6. The SMILES string of the molecule is CCCCP(CCCC)CCSCCC. The molecule has 0 saturated heterocycles. The van der Waals surface area contributed by atoms with E-state index >= 15 is 0 Å². The highest BCUT2D eigenvalue weighted by Gasteiger charge is 2.06. The fourth-order valence-corrected chi connectivity index (χ4v) is 5.78. The van der Waals surface area contributed by atoms with E-state index in [1.807, 2.05) is 0 Å². The monoisotopic (exact) mass is 248 g/mol. The summed E-state index contributed by atoms with van der Waals surface area (Å²) in [6, 6.07) is 0. The van der Waals surface area contributed by atoms with Gasteiger partial charge < -0.3 is 0 Å². The molecule has 0 N–H and O–H groups in total. The van der Waals surface area contributed by atoms with Crippen LogP contribution in [0.2, 0.25) is 0 Å². The summed E-state index contributed by atoms with van der Waals surface area (Å²) >= 11 is 2.16. The van der Waals surface area contributed by atoms with Crippen molar-refractivity contribution < 1.29 is 0 Å². The first-order valence-corrected chi connectivity index (χ1v) is 9.70. The molecule has 0 aliphatic carbocycles. The lowest BCUT2D eigenvalue weighted by molar-refractivity contribution is 0.867. The predicted octanol–water partition coefficient (Wildman–Crippen LogP) is 5.21. The third-order valence-electron chi connectivity index (χ3n) is 2.56. The fourth-order valence-electron chi connectivity index (χ4n) is 1.54. The minimum Gasteiger partial charge on any atom is -0.162 e. The molecule has 0 radical (unpaired) electrons. The Hall–Kier alpha value is 0.780. The van der Waals surface area contributed by atoms with Crippen LogP contribution in [0, 0.1) is 0 Å². The summed E-state index contributed by atoms with van der Waals surface area (Å²) in [6.07, 6.45) is 11.6. The molecule has 0 atom stereocenters. The van der Waals surface area contributed by atoms with Gasteiger partial charge in [-0.05, 0) is 49.3 Å². The van der Waals surface area contributed by atoms with Crippen LogP contribution in [0.25, 0.3) is 0 Å². The molecule has 0 aliphatic heterocycles. The van der Waals surface area contributed by atoms with Gasteiger partial charge in [0, 0.05) is 0 Å². The van der Waals surface area contributed by atoms with E-state index in [1.54, 1.807) is 12.3 Å². The van der Waals surface area contributed by atoms with Gasteiger partial charge in [-0.1, -0.05) is 33.6 Å². The van der Waals surface area contributed by atoms with Gasteiger partial charge in [0.05, 0.1) is 0 Å². The molecule has 15 heavy (non-hydrogen) atoms. The zero-order valence-electron chi connectivity index (χ0n) is 10.9. The van der Waals surface area contributed by atoms with Gasteiger partial charge >= 0.3 is 0 Å². The van der Waals surface area contributed by atoms with Crippen LogP contribution in [0.4, 0.5) is 0 Å². The van der Waals surface area contributed by atoms with Gasteiger partial charge in [0.25, 0.3) is 0 Å². The number of thioether (sulfide) groups is 1. The number of hydrogen-bond acceptors (Lipinski definition) is 1. The van der Waals surface area contributed by atoms with Gasteiger partial charge in [-0.2, -0.15) is 11.8 Å². The summed E-state index contributed by atoms with van der Waals surface area (Å²) in [5.74, 6) is 2.79. The number of hydrogen-bond donors (Lipinski definition) is 0. The van der Waals surface area contributed by atoms with Crippen molar-refractivity contribution >= 4 is 19.7 Å². The lowest BCUT2D eigenvalue weighted by atomic mass is 10.4. The summed E-state index contributed by atoms with van der Waals surface area (Å²) in [6.45, 7) is 6.92. The normalized spacial score (nSPS) is 11.2. The molecule has 0 spiro atoms. The largest absolute Gasteiger partial charge is 0.162 e. The van der Waals surface area contributed by atoms with Crippen molar-refractivity contribution in [3.8, 4) is 0 Å². The average Bonchev–Trinajstić information content (AvgIpc) is 2.27. The molecule has 0 saturated carbocycles. The van der Waals surface area contributed by atoms with Crippen LogP contribution in [-0.2, 0) is 0 Å². The highest BCUT2D eigenvalue weighted by Crippen LogP contribution is 2.38. The standard InChI is InChI=1S/C13H29PS/c1-4-7-9-14(10-8-5-2)11-13-15-12-6-3/h4-13H2,1-3H3. The molecule has 0 aromatic carbocycles. The van der Waals surface area contributed by atoms with Crippen molar-refractivity contribution in [3.63, 3.8) is 0 Å². The Morgan fingerprint density at radius 3 is 1.80 bits per heavy atom. The average molecular weight is 248 g/mol. The maximum atomic E-state index is 2.32. The Morgan fingerprint density at radius 2 is 1.33 bits per heavy atom. The quantitative estimate of drug-likeness (QED) is 0.357.